The number of rotatable bonds is 6. The van der Waals surface area contributed by atoms with Crippen LogP contribution in [0.2, 0.25) is 0 Å². The molecule has 0 atom stereocenters. The lowest BCUT2D eigenvalue weighted by molar-refractivity contribution is 0.250. The Hall–Kier alpha value is -2.40. The van der Waals surface area contributed by atoms with Gasteiger partial charge in [0.1, 0.15) is 5.82 Å². The van der Waals surface area contributed by atoms with Gasteiger partial charge in [-0.3, -0.25) is 0 Å². The lowest BCUT2D eigenvalue weighted by Gasteiger charge is -2.11. The van der Waals surface area contributed by atoms with Gasteiger partial charge in [0, 0.05) is 24.8 Å². The Morgan fingerprint density at radius 3 is 2.00 bits per heavy atom. The molecule has 23 heavy (non-hydrogen) atoms. The standard InChI is InChI=1S/C18H22FN3O/c1-13(2)21-18(23)22-17-9-5-15(6-10-17)12-20-11-14-3-7-16(19)8-4-14/h3-10,13,20H,11-12H2,1-2H3,(H2,21,22,23). The van der Waals surface area contributed by atoms with Gasteiger partial charge in [-0.05, 0) is 49.2 Å². The molecule has 2 rings (SSSR count). The van der Waals surface area contributed by atoms with Crippen molar-refractivity contribution < 1.29 is 9.18 Å². The van der Waals surface area contributed by atoms with E-state index in [4.69, 9.17) is 0 Å². The highest BCUT2D eigenvalue weighted by molar-refractivity contribution is 5.89. The smallest absolute Gasteiger partial charge is 0.319 e. The second kappa shape index (κ2) is 8.29. The predicted octanol–water partition coefficient (Wildman–Crippen LogP) is 3.65. The molecule has 0 saturated carbocycles. The summed E-state index contributed by atoms with van der Waals surface area (Å²) in [6.45, 7) is 5.21. The Kier molecular flexibility index (Phi) is 6.11. The van der Waals surface area contributed by atoms with Crippen molar-refractivity contribution in [2.45, 2.75) is 33.0 Å². The summed E-state index contributed by atoms with van der Waals surface area (Å²) in [5, 5.41) is 8.86. The van der Waals surface area contributed by atoms with Crippen LogP contribution in [0.5, 0.6) is 0 Å². The zero-order valence-electron chi connectivity index (χ0n) is 13.4. The first-order valence-electron chi connectivity index (χ1n) is 7.64. The van der Waals surface area contributed by atoms with E-state index in [0.29, 0.717) is 13.1 Å². The van der Waals surface area contributed by atoms with Gasteiger partial charge in [-0.1, -0.05) is 24.3 Å². The second-order valence-corrected chi connectivity index (χ2v) is 5.68. The third kappa shape index (κ3) is 6.08. The molecule has 0 spiro atoms. The van der Waals surface area contributed by atoms with E-state index in [1.54, 1.807) is 12.1 Å². The molecule has 2 aromatic rings. The van der Waals surface area contributed by atoms with E-state index in [1.807, 2.05) is 38.1 Å². The molecule has 0 aromatic heterocycles. The van der Waals surface area contributed by atoms with Gasteiger partial charge in [-0.15, -0.1) is 0 Å². The summed E-state index contributed by atoms with van der Waals surface area (Å²) in [5.74, 6) is -0.224. The summed E-state index contributed by atoms with van der Waals surface area (Å²) in [6.07, 6.45) is 0. The summed E-state index contributed by atoms with van der Waals surface area (Å²) < 4.78 is 12.8. The molecule has 0 aliphatic heterocycles. The second-order valence-electron chi connectivity index (χ2n) is 5.68. The minimum absolute atomic E-state index is 0.102. The average molecular weight is 315 g/mol. The van der Waals surface area contributed by atoms with Crippen LogP contribution in [0.3, 0.4) is 0 Å². The normalized spacial score (nSPS) is 10.6. The van der Waals surface area contributed by atoms with Crippen molar-refractivity contribution in [3.05, 3.63) is 65.5 Å². The third-order valence-corrected chi connectivity index (χ3v) is 3.20. The fourth-order valence-corrected chi connectivity index (χ4v) is 2.09. The highest BCUT2D eigenvalue weighted by Gasteiger charge is 2.03. The average Bonchev–Trinajstić information content (AvgIpc) is 2.50. The molecule has 0 saturated heterocycles. The Bertz CT molecular complexity index is 624. The minimum Gasteiger partial charge on any atom is -0.336 e. The van der Waals surface area contributed by atoms with Crippen molar-refractivity contribution in [3.63, 3.8) is 0 Å². The van der Waals surface area contributed by atoms with Gasteiger partial charge >= 0.3 is 6.03 Å². The molecule has 0 bridgehead atoms. The van der Waals surface area contributed by atoms with Crippen molar-refractivity contribution in [3.8, 4) is 0 Å². The summed E-state index contributed by atoms with van der Waals surface area (Å²) in [5.41, 5.74) is 2.91. The van der Waals surface area contributed by atoms with E-state index in [-0.39, 0.29) is 17.9 Å². The molecule has 2 aromatic carbocycles. The quantitative estimate of drug-likeness (QED) is 0.762. The predicted molar refractivity (Wildman–Crippen MR) is 90.7 cm³/mol. The van der Waals surface area contributed by atoms with Crippen LogP contribution in [-0.4, -0.2) is 12.1 Å². The van der Waals surface area contributed by atoms with Gasteiger partial charge in [0.05, 0.1) is 0 Å². The van der Waals surface area contributed by atoms with Crippen LogP contribution in [0, 0.1) is 5.82 Å². The zero-order chi connectivity index (χ0) is 16.7. The number of anilines is 1. The molecule has 0 radical (unpaired) electrons. The molecule has 2 amide bonds. The number of hydrogen-bond donors (Lipinski definition) is 3. The maximum Gasteiger partial charge on any atom is 0.319 e. The van der Waals surface area contributed by atoms with Crippen molar-refractivity contribution in [1.82, 2.24) is 10.6 Å². The Morgan fingerprint density at radius 1 is 0.957 bits per heavy atom. The lowest BCUT2D eigenvalue weighted by Crippen LogP contribution is -2.34. The number of hydrogen-bond acceptors (Lipinski definition) is 2. The van der Waals surface area contributed by atoms with Gasteiger partial charge < -0.3 is 16.0 Å². The Balaban J connectivity index is 1.78. The SMILES string of the molecule is CC(C)NC(=O)Nc1ccc(CNCc2ccc(F)cc2)cc1. The monoisotopic (exact) mass is 315 g/mol. The molecular formula is C18H22FN3O. The summed E-state index contributed by atoms with van der Waals surface area (Å²) in [7, 11) is 0. The minimum atomic E-state index is -0.224. The van der Waals surface area contributed by atoms with E-state index in [2.05, 4.69) is 16.0 Å². The number of nitrogens with one attached hydrogen (secondary N) is 3. The molecule has 0 heterocycles. The Morgan fingerprint density at radius 2 is 1.48 bits per heavy atom. The number of benzene rings is 2. The molecule has 0 aliphatic carbocycles. The molecule has 0 fully saturated rings. The summed E-state index contributed by atoms with van der Waals surface area (Å²) in [6, 6.07) is 14.0. The van der Waals surface area contributed by atoms with Gasteiger partial charge in [0.25, 0.3) is 0 Å². The molecule has 0 unspecified atom stereocenters. The molecule has 5 heteroatoms. The van der Waals surface area contributed by atoms with Crippen LogP contribution in [-0.2, 0) is 13.1 Å². The number of urea groups is 1. The van der Waals surface area contributed by atoms with Crippen molar-refractivity contribution in [1.29, 1.82) is 0 Å². The van der Waals surface area contributed by atoms with Gasteiger partial charge in [-0.25, -0.2) is 9.18 Å². The Labute approximate surface area is 136 Å². The molecule has 4 nitrogen and oxygen atoms in total. The molecule has 122 valence electrons. The van der Waals surface area contributed by atoms with Crippen LogP contribution in [0.1, 0.15) is 25.0 Å². The third-order valence-electron chi connectivity index (χ3n) is 3.20. The number of carbonyl (C=O) groups is 1. The number of halogens is 1. The first-order valence-corrected chi connectivity index (χ1v) is 7.64. The van der Waals surface area contributed by atoms with Crippen LogP contribution in [0.15, 0.2) is 48.5 Å². The van der Waals surface area contributed by atoms with Gasteiger partial charge in [0.2, 0.25) is 0 Å². The van der Waals surface area contributed by atoms with Crippen LogP contribution >= 0.6 is 0 Å². The summed E-state index contributed by atoms with van der Waals surface area (Å²) >= 11 is 0. The molecular weight excluding hydrogens is 293 g/mol. The highest BCUT2D eigenvalue weighted by Crippen LogP contribution is 2.10. The first kappa shape index (κ1) is 17.0. The van der Waals surface area contributed by atoms with E-state index in [1.165, 1.54) is 12.1 Å². The van der Waals surface area contributed by atoms with Crippen molar-refractivity contribution in [2.75, 3.05) is 5.32 Å². The van der Waals surface area contributed by atoms with Crippen molar-refractivity contribution in [2.24, 2.45) is 0 Å². The zero-order valence-corrected chi connectivity index (χ0v) is 13.4. The highest BCUT2D eigenvalue weighted by atomic mass is 19.1. The lowest BCUT2D eigenvalue weighted by atomic mass is 10.2. The first-order chi connectivity index (χ1) is 11.0. The largest absolute Gasteiger partial charge is 0.336 e. The molecule has 0 aliphatic rings. The van der Waals surface area contributed by atoms with Crippen LogP contribution < -0.4 is 16.0 Å². The number of carbonyl (C=O) groups excluding carboxylic acids is 1. The maximum atomic E-state index is 12.8. The van der Waals surface area contributed by atoms with E-state index >= 15 is 0 Å². The fourth-order valence-electron chi connectivity index (χ4n) is 2.09. The van der Waals surface area contributed by atoms with Gasteiger partial charge in [-0.2, -0.15) is 0 Å². The van der Waals surface area contributed by atoms with E-state index < -0.39 is 0 Å². The summed E-state index contributed by atoms with van der Waals surface area (Å²) in [4.78, 5) is 11.6. The topological polar surface area (TPSA) is 53.2 Å². The maximum absolute atomic E-state index is 12.8. The van der Waals surface area contributed by atoms with Crippen molar-refractivity contribution >= 4 is 11.7 Å². The van der Waals surface area contributed by atoms with E-state index in [0.717, 1.165) is 16.8 Å². The van der Waals surface area contributed by atoms with E-state index in [9.17, 15) is 9.18 Å². The van der Waals surface area contributed by atoms with Crippen LogP contribution in [0.4, 0.5) is 14.9 Å². The van der Waals surface area contributed by atoms with Gasteiger partial charge in [0.15, 0.2) is 0 Å². The molecule has 3 N–H and O–H groups in total. The fraction of sp³-hybridized carbons (Fsp3) is 0.278. The van der Waals surface area contributed by atoms with Crippen LogP contribution in [0.25, 0.3) is 0 Å². The number of amides is 2.